The van der Waals surface area contributed by atoms with Gasteiger partial charge in [0.15, 0.2) is 0 Å². The van der Waals surface area contributed by atoms with E-state index in [4.69, 9.17) is 9.84 Å². The molecular formula is C12H17N3O4. The van der Waals surface area contributed by atoms with Gasteiger partial charge in [-0.15, -0.1) is 0 Å². The van der Waals surface area contributed by atoms with E-state index in [2.05, 4.69) is 5.10 Å². The Bertz CT molecular complexity index is 508. The van der Waals surface area contributed by atoms with Crippen molar-refractivity contribution in [3.8, 4) is 0 Å². The predicted octanol–water partition coefficient (Wildman–Crippen LogP) is -1.05. The number of methoxy groups -OCH3 is 1. The van der Waals surface area contributed by atoms with E-state index in [9.17, 15) is 9.59 Å². The van der Waals surface area contributed by atoms with Crippen LogP contribution in [-0.2, 0) is 11.3 Å². The van der Waals surface area contributed by atoms with Crippen LogP contribution in [0, 0.1) is 5.92 Å². The summed E-state index contributed by atoms with van der Waals surface area (Å²) < 4.78 is 6.11. The number of nitrogens with zero attached hydrogens (tertiary/aromatic N) is 3. The van der Waals surface area contributed by atoms with E-state index in [0.717, 1.165) is 0 Å². The fraction of sp³-hybridized carbons (Fsp3) is 0.583. The summed E-state index contributed by atoms with van der Waals surface area (Å²) in [6.45, 7) is 1.84. The summed E-state index contributed by atoms with van der Waals surface area (Å²) in [5.41, 5.74) is -0.0162. The maximum atomic E-state index is 12.1. The zero-order valence-corrected chi connectivity index (χ0v) is 10.8. The molecule has 19 heavy (non-hydrogen) atoms. The van der Waals surface area contributed by atoms with Gasteiger partial charge in [-0.2, -0.15) is 5.10 Å². The van der Waals surface area contributed by atoms with Crippen LogP contribution in [0.4, 0.5) is 0 Å². The molecule has 104 valence electrons. The van der Waals surface area contributed by atoms with Crippen molar-refractivity contribution in [1.29, 1.82) is 0 Å². The van der Waals surface area contributed by atoms with Crippen molar-refractivity contribution < 1.29 is 14.6 Å². The van der Waals surface area contributed by atoms with Crippen LogP contribution in [0.5, 0.6) is 0 Å². The summed E-state index contributed by atoms with van der Waals surface area (Å²) in [5, 5.41) is 13.0. The summed E-state index contributed by atoms with van der Waals surface area (Å²) in [6.07, 6.45) is 0. The highest BCUT2D eigenvalue weighted by atomic mass is 16.5. The van der Waals surface area contributed by atoms with E-state index in [-0.39, 0.29) is 29.7 Å². The van der Waals surface area contributed by atoms with Gasteiger partial charge in [0.2, 0.25) is 0 Å². The van der Waals surface area contributed by atoms with E-state index >= 15 is 0 Å². The zero-order valence-electron chi connectivity index (χ0n) is 10.8. The van der Waals surface area contributed by atoms with Gasteiger partial charge in [0.1, 0.15) is 5.69 Å². The molecule has 7 nitrogen and oxygen atoms in total. The highest BCUT2D eigenvalue weighted by Gasteiger charge is 2.31. The fourth-order valence-corrected chi connectivity index (χ4v) is 1.91. The van der Waals surface area contributed by atoms with Gasteiger partial charge in [0.05, 0.1) is 13.2 Å². The van der Waals surface area contributed by atoms with Crippen molar-refractivity contribution in [3.63, 3.8) is 0 Å². The van der Waals surface area contributed by atoms with Crippen molar-refractivity contribution in [2.45, 2.75) is 6.54 Å². The van der Waals surface area contributed by atoms with Crippen LogP contribution in [-0.4, -0.2) is 59.1 Å². The van der Waals surface area contributed by atoms with Gasteiger partial charge >= 0.3 is 0 Å². The Morgan fingerprint density at radius 3 is 2.89 bits per heavy atom. The summed E-state index contributed by atoms with van der Waals surface area (Å²) in [7, 11) is 1.54. The van der Waals surface area contributed by atoms with Crippen LogP contribution < -0.4 is 5.56 Å². The molecule has 1 N–H and O–H groups in total. The van der Waals surface area contributed by atoms with Crippen LogP contribution in [0.25, 0.3) is 0 Å². The van der Waals surface area contributed by atoms with Crippen molar-refractivity contribution in [3.05, 3.63) is 28.2 Å². The molecule has 1 aliphatic rings. The Hall–Kier alpha value is -1.73. The summed E-state index contributed by atoms with van der Waals surface area (Å²) in [4.78, 5) is 25.2. The van der Waals surface area contributed by atoms with Crippen LogP contribution >= 0.6 is 0 Å². The fourth-order valence-electron chi connectivity index (χ4n) is 1.91. The summed E-state index contributed by atoms with van der Waals surface area (Å²) >= 11 is 0. The highest BCUT2D eigenvalue weighted by molar-refractivity contribution is 5.92. The first kappa shape index (κ1) is 13.7. The third kappa shape index (κ3) is 2.99. The molecule has 0 saturated carbocycles. The first-order valence-corrected chi connectivity index (χ1v) is 6.13. The minimum Gasteiger partial charge on any atom is -0.396 e. The lowest BCUT2D eigenvalue weighted by atomic mass is 10.0. The van der Waals surface area contributed by atoms with Crippen molar-refractivity contribution in [2.75, 3.05) is 33.4 Å². The van der Waals surface area contributed by atoms with E-state index in [1.807, 2.05) is 0 Å². The first-order chi connectivity index (χ1) is 9.15. The van der Waals surface area contributed by atoms with E-state index in [1.54, 1.807) is 4.90 Å². The maximum absolute atomic E-state index is 12.1. The Kier molecular flexibility index (Phi) is 4.28. The van der Waals surface area contributed by atoms with Gasteiger partial charge in [0, 0.05) is 38.8 Å². The number of aliphatic hydroxyl groups excluding tert-OH is 1. The molecule has 0 unspecified atom stereocenters. The van der Waals surface area contributed by atoms with Crippen LogP contribution in [0.1, 0.15) is 10.5 Å². The lowest BCUT2D eigenvalue weighted by Crippen LogP contribution is -2.51. The number of amides is 1. The molecule has 0 aliphatic carbocycles. The van der Waals surface area contributed by atoms with Crippen molar-refractivity contribution >= 4 is 5.91 Å². The molecule has 7 heteroatoms. The lowest BCUT2D eigenvalue weighted by Gasteiger charge is -2.37. The number of hydrogen-bond acceptors (Lipinski definition) is 5. The van der Waals surface area contributed by atoms with Gasteiger partial charge < -0.3 is 14.7 Å². The van der Waals surface area contributed by atoms with Crippen LogP contribution in [0.15, 0.2) is 16.9 Å². The topological polar surface area (TPSA) is 84.7 Å². The SMILES string of the molecule is COCCn1nc(C(=O)N2CC(CO)C2)ccc1=O. The lowest BCUT2D eigenvalue weighted by molar-refractivity contribution is 0.0353. The van der Waals surface area contributed by atoms with Crippen LogP contribution in [0.3, 0.4) is 0 Å². The quantitative estimate of drug-likeness (QED) is 0.736. The number of hydrogen-bond donors (Lipinski definition) is 1. The number of aliphatic hydroxyl groups is 1. The minimum atomic E-state index is -0.259. The molecule has 0 radical (unpaired) electrons. The number of likely N-dealkylation sites (tertiary alicyclic amines) is 1. The number of rotatable bonds is 5. The van der Waals surface area contributed by atoms with Gasteiger partial charge in [0.25, 0.3) is 11.5 Å². The second kappa shape index (κ2) is 5.94. The monoisotopic (exact) mass is 267 g/mol. The first-order valence-electron chi connectivity index (χ1n) is 6.13. The Balaban J connectivity index is 2.08. The molecule has 1 amide bonds. The van der Waals surface area contributed by atoms with Crippen molar-refractivity contribution in [1.82, 2.24) is 14.7 Å². The van der Waals surface area contributed by atoms with Crippen LogP contribution in [0.2, 0.25) is 0 Å². The predicted molar refractivity (Wildman–Crippen MR) is 66.9 cm³/mol. The third-order valence-corrected chi connectivity index (χ3v) is 3.10. The molecule has 1 fully saturated rings. The zero-order chi connectivity index (χ0) is 13.8. The van der Waals surface area contributed by atoms with Gasteiger partial charge in [-0.05, 0) is 6.07 Å². The van der Waals surface area contributed by atoms with Crippen molar-refractivity contribution in [2.24, 2.45) is 5.92 Å². The summed E-state index contributed by atoms with van der Waals surface area (Å²) in [6, 6.07) is 2.76. The Morgan fingerprint density at radius 2 is 2.26 bits per heavy atom. The largest absolute Gasteiger partial charge is 0.396 e. The number of ether oxygens (including phenoxy) is 1. The molecule has 0 atom stereocenters. The molecule has 2 rings (SSSR count). The summed E-state index contributed by atoms with van der Waals surface area (Å²) in [5.74, 6) is -0.0563. The molecule has 0 bridgehead atoms. The maximum Gasteiger partial charge on any atom is 0.274 e. The third-order valence-electron chi connectivity index (χ3n) is 3.10. The molecule has 1 aromatic heterocycles. The number of carbonyl (C=O) groups excluding carboxylic acids is 1. The number of aromatic nitrogens is 2. The highest BCUT2D eigenvalue weighted by Crippen LogP contribution is 2.16. The van der Waals surface area contributed by atoms with Gasteiger partial charge in [-0.25, -0.2) is 4.68 Å². The molecular weight excluding hydrogens is 250 g/mol. The molecule has 1 aliphatic heterocycles. The average molecular weight is 267 g/mol. The minimum absolute atomic E-state index is 0.0878. The van der Waals surface area contributed by atoms with Gasteiger partial charge in [-0.1, -0.05) is 0 Å². The second-order valence-corrected chi connectivity index (χ2v) is 4.53. The molecule has 1 saturated heterocycles. The van der Waals surface area contributed by atoms with E-state index in [1.165, 1.54) is 23.9 Å². The molecule has 0 spiro atoms. The second-order valence-electron chi connectivity index (χ2n) is 4.53. The van der Waals surface area contributed by atoms with E-state index in [0.29, 0.717) is 26.2 Å². The number of carbonyl (C=O) groups is 1. The van der Waals surface area contributed by atoms with Gasteiger partial charge in [-0.3, -0.25) is 9.59 Å². The molecule has 1 aromatic rings. The van der Waals surface area contributed by atoms with E-state index < -0.39 is 0 Å². The standard InChI is InChI=1S/C12H17N3O4/c1-19-5-4-15-11(17)3-2-10(13-15)12(18)14-6-9(7-14)8-16/h2-3,9,16H,4-8H2,1H3. The molecule has 2 heterocycles. The normalized spacial score (nSPS) is 15.4. The molecule has 0 aromatic carbocycles. The smallest absolute Gasteiger partial charge is 0.274 e. The average Bonchev–Trinajstić information content (AvgIpc) is 2.36. The Morgan fingerprint density at radius 1 is 1.53 bits per heavy atom. The Labute approximate surface area is 110 Å².